The maximum Gasteiger partial charge on any atom is 0.306 e. The first-order valence-corrected chi connectivity index (χ1v) is 6.57. The molecule has 3 N–H and O–H groups in total. The van der Waals surface area contributed by atoms with Gasteiger partial charge in [-0.05, 0) is 37.8 Å². The van der Waals surface area contributed by atoms with E-state index < -0.39 is 11.9 Å². The monoisotopic (exact) mass is 270 g/mol. The molecule has 0 aromatic carbocycles. The number of nitrogens with zero attached hydrogens (tertiary/aromatic N) is 3. The highest BCUT2D eigenvalue weighted by Gasteiger charge is 2.20. The molecule has 0 spiro atoms. The smallest absolute Gasteiger partial charge is 0.306 e. The fraction of sp³-hybridized carbons (Fsp3) is 0.833. The number of hydrogen-bond acceptors (Lipinski definition) is 4. The molecule has 0 unspecified atom stereocenters. The molecular formula is C12H22N4O3. The number of unbranched alkanes of at least 4 members (excludes halogenated alkanes) is 2. The summed E-state index contributed by atoms with van der Waals surface area (Å²) < 4.78 is 0. The third-order valence-electron chi connectivity index (χ3n) is 2.86. The van der Waals surface area contributed by atoms with E-state index >= 15 is 0 Å². The lowest BCUT2D eigenvalue weighted by Crippen LogP contribution is -2.18. The molecule has 0 amide bonds. The van der Waals surface area contributed by atoms with Crippen LogP contribution in [-0.4, -0.2) is 29.9 Å². The van der Waals surface area contributed by atoms with E-state index in [1.54, 1.807) is 0 Å². The molecular weight excluding hydrogens is 248 g/mol. The summed E-state index contributed by atoms with van der Waals surface area (Å²) in [5, 5.41) is 12.4. The highest BCUT2D eigenvalue weighted by atomic mass is 16.4. The molecule has 0 saturated heterocycles. The molecule has 0 aromatic rings. The van der Waals surface area contributed by atoms with Gasteiger partial charge in [-0.2, -0.15) is 0 Å². The molecule has 108 valence electrons. The van der Waals surface area contributed by atoms with Crippen molar-refractivity contribution < 1.29 is 14.7 Å². The second-order valence-corrected chi connectivity index (χ2v) is 4.47. The molecule has 1 atom stereocenters. The van der Waals surface area contributed by atoms with Gasteiger partial charge >= 0.3 is 5.97 Å². The highest BCUT2D eigenvalue weighted by Crippen LogP contribution is 2.15. The summed E-state index contributed by atoms with van der Waals surface area (Å²) in [6.07, 6.45) is 3.73. The van der Waals surface area contributed by atoms with E-state index in [1.807, 2.05) is 0 Å². The van der Waals surface area contributed by atoms with Gasteiger partial charge in [-0.1, -0.05) is 11.5 Å². The summed E-state index contributed by atoms with van der Waals surface area (Å²) in [4.78, 5) is 25.3. The van der Waals surface area contributed by atoms with Gasteiger partial charge in [0.15, 0.2) is 0 Å². The van der Waals surface area contributed by atoms with Crippen molar-refractivity contribution in [3.63, 3.8) is 0 Å². The van der Waals surface area contributed by atoms with Gasteiger partial charge in [0.05, 0.1) is 5.92 Å². The van der Waals surface area contributed by atoms with Gasteiger partial charge in [-0.25, -0.2) is 0 Å². The van der Waals surface area contributed by atoms with Crippen LogP contribution in [0.3, 0.4) is 0 Å². The minimum Gasteiger partial charge on any atom is -0.481 e. The Morgan fingerprint density at radius 1 is 1.26 bits per heavy atom. The third-order valence-corrected chi connectivity index (χ3v) is 2.86. The molecule has 0 radical (unpaired) electrons. The average Bonchev–Trinajstić information content (AvgIpc) is 2.37. The van der Waals surface area contributed by atoms with Crippen molar-refractivity contribution in [3.05, 3.63) is 10.4 Å². The van der Waals surface area contributed by atoms with E-state index in [0.717, 1.165) is 12.8 Å². The van der Waals surface area contributed by atoms with E-state index in [2.05, 4.69) is 10.0 Å². The van der Waals surface area contributed by atoms with Crippen LogP contribution in [0.4, 0.5) is 0 Å². The van der Waals surface area contributed by atoms with Crippen molar-refractivity contribution in [2.24, 2.45) is 16.8 Å². The van der Waals surface area contributed by atoms with Crippen LogP contribution in [0.5, 0.6) is 0 Å². The molecule has 0 aliphatic carbocycles. The SMILES string of the molecule is [N-]=[N+]=NCCCCC(=O)C[C@@H](CCCCN)C(=O)O. The lowest BCUT2D eigenvalue weighted by molar-refractivity contribution is -0.144. The van der Waals surface area contributed by atoms with Crippen LogP contribution in [0.15, 0.2) is 5.11 Å². The van der Waals surface area contributed by atoms with Gasteiger partial charge in [0, 0.05) is 24.3 Å². The van der Waals surface area contributed by atoms with Crippen LogP contribution in [0, 0.1) is 5.92 Å². The second-order valence-electron chi connectivity index (χ2n) is 4.47. The number of ketones is 1. The summed E-state index contributed by atoms with van der Waals surface area (Å²) in [6, 6.07) is 0. The molecule has 7 heteroatoms. The first kappa shape index (κ1) is 17.4. The van der Waals surface area contributed by atoms with Crippen molar-refractivity contribution in [2.45, 2.75) is 44.9 Å². The second kappa shape index (κ2) is 11.5. The van der Waals surface area contributed by atoms with Crippen molar-refractivity contribution >= 4 is 11.8 Å². The number of carbonyl (C=O) groups excluding carboxylic acids is 1. The van der Waals surface area contributed by atoms with Gasteiger partial charge < -0.3 is 10.8 Å². The van der Waals surface area contributed by atoms with E-state index in [1.165, 1.54) is 0 Å². The van der Waals surface area contributed by atoms with Gasteiger partial charge in [-0.15, -0.1) is 0 Å². The van der Waals surface area contributed by atoms with Crippen LogP contribution < -0.4 is 5.73 Å². The first-order valence-electron chi connectivity index (χ1n) is 6.57. The molecule has 0 saturated carbocycles. The number of hydrogen-bond donors (Lipinski definition) is 2. The van der Waals surface area contributed by atoms with Crippen LogP contribution in [0.25, 0.3) is 10.4 Å². The molecule has 0 bridgehead atoms. The van der Waals surface area contributed by atoms with E-state index in [-0.39, 0.29) is 12.2 Å². The largest absolute Gasteiger partial charge is 0.481 e. The fourth-order valence-electron chi connectivity index (χ4n) is 1.77. The van der Waals surface area contributed by atoms with Crippen LogP contribution in [0.2, 0.25) is 0 Å². The average molecular weight is 270 g/mol. The molecule has 0 fully saturated rings. The molecule has 0 aromatic heterocycles. The predicted octanol–water partition coefficient (Wildman–Crippen LogP) is 2.26. The number of aliphatic carboxylic acids is 1. The molecule has 19 heavy (non-hydrogen) atoms. The summed E-state index contributed by atoms with van der Waals surface area (Å²) in [7, 11) is 0. The van der Waals surface area contributed by atoms with Crippen molar-refractivity contribution in [3.8, 4) is 0 Å². The summed E-state index contributed by atoms with van der Waals surface area (Å²) in [5.41, 5.74) is 13.4. The zero-order valence-corrected chi connectivity index (χ0v) is 11.1. The number of rotatable bonds is 12. The Hall–Kier alpha value is -1.59. The molecule has 0 rings (SSSR count). The maximum absolute atomic E-state index is 11.6. The van der Waals surface area contributed by atoms with Crippen LogP contribution in [-0.2, 0) is 9.59 Å². The van der Waals surface area contributed by atoms with Gasteiger partial charge in [0.1, 0.15) is 5.78 Å². The van der Waals surface area contributed by atoms with E-state index in [0.29, 0.717) is 38.8 Å². The highest BCUT2D eigenvalue weighted by molar-refractivity contribution is 5.83. The summed E-state index contributed by atoms with van der Waals surface area (Å²) >= 11 is 0. The Morgan fingerprint density at radius 2 is 2.00 bits per heavy atom. The topological polar surface area (TPSA) is 129 Å². The van der Waals surface area contributed by atoms with Crippen LogP contribution in [0.1, 0.15) is 44.9 Å². The van der Waals surface area contributed by atoms with E-state index in [9.17, 15) is 9.59 Å². The Bertz CT molecular complexity index is 327. The zero-order valence-electron chi connectivity index (χ0n) is 11.1. The lowest BCUT2D eigenvalue weighted by atomic mass is 9.94. The fourth-order valence-corrected chi connectivity index (χ4v) is 1.77. The molecule has 0 aliphatic rings. The molecule has 0 aliphatic heterocycles. The number of Topliss-reactive ketones (excluding diaryl/α,β-unsaturated/α-hetero) is 1. The standard InChI is InChI=1S/C12H22N4O3/c13-7-3-1-5-10(12(18)19)9-11(17)6-2-4-8-15-16-14/h10H,1-9,13H2,(H,18,19)/t10-/m1/s1. The lowest BCUT2D eigenvalue weighted by Gasteiger charge is -2.10. The normalized spacial score (nSPS) is 11.6. The van der Waals surface area contributed by atoms with E-state index in [4.69, 9.17) is 16.4 Å². The quantitative estimate of drug-likeness (QED) is 0.244. The number of azide groups is 1. The number of carboxylic acids is 1. The minimum absolute atomic E-state index is 0.0407. The van der Waals surface area contributed by atoms with Crippen molar-refractivity contribution in [1.82, 2.24) is 0 Å². The molecule has 7 nitrogen and oxygen atoms in total. The number of carboxylic acid groups (broad SMARTS) is 1. The first-order chi connectivity index (χ1) is 9.11. The predicted molar refractivity (Wildman–Crippen MR) is 71.5 cm³/mol. The minimum atomic E-state index is -0.917. The van der Waals surface area contributed by atoms with Crippen LogP contribution >= 0.6 is 0 Å². The number of nitrogens with two attached hydrogens (primary N) is 1. The van der Waals surface area contributed by atoms with Gasteiger partial charge in [-0.3, -0.25) is 9.59 Å². The Morgan fingerprint density at radius 3 is 2.58 bits per heavy atom. The van der Waals surface area contributed by atoms with Gasteiger partial charge in [0.25, 0.3) is 0 Å². The Labute approximate surface area is 112 Å². The van der Waals surface area contributed by atoms with Crippen molar-refractivity contribution in [1.29, 1.82) is 0 Å². The Balaban J connectivity index is 3.89. The molecule has 0 heterocycles. The number of carbonyl (C=O) groups is 2. The summed E-state index contributed by atoms with van der Waals surface area (Å²) in [5.74, 6) is -1.56. The van der Waals surface area contributed by atoms with Crippen molar-refractivity contribution in [2.75, 3.05) is 13.1 Å². The zero-order chi connectivity index (χ0) is 14.5. The summed E-state index contributed by atoms with van der Waals surface area (Å²) in [6.45, 7) is 0.919. The van der Waals surface area contributed by atoms with Gasteiger partial charge in [0.2, 0.25) is 0 Å². The maximum atomic E-state index is 11.6. The third kappa shape index (κ3) is 10.1. The Kier molecular flexibility index (Phi) is 10.5.